The Labute approximate surface area is 121 Å². The highest BCUT2D eigenvalue weighted by Crippen LogP contribution is 2.42. The fraction of sp³-hybridized carbons (Fsp3) is 0.625. The van der Waals surface area contributed by atoms with Gasteiger partial charge < -0.3 is 10.2 Å². The fourth-order valence-electron chi connectivity index (χ4n) is 3.29. The molecule has 0 bridgehead atoms. The van der Waals surface area contributed by atoms with Crippen LogP contribution in [-0.4, -0.2) is 24.7 Å². The van der Waals surface area contributed by atoms with E-state index in [0.29, 0.717) is 6.04 Å². The molecule has 0 radical (unpaired) electrons. The smallest absolute Gasteiger partial charge is 0.0412 e. The standard InChI is InChI=1S/C16H23ClN2/c1-3-14-10-18-16(2,12-4-5-12)11-19(14)15-8-6-13(17)7-9-15/h6-9,12,14,18H,3-5,10-11H2,1-2H3. The van der Waals surface area contributed by atoms with Crippen molar-refractivity contribution < 1.29 is 0 Å². The maximum Gasteiger partial charge on any atom is 0.0412 e. The van der Waals surface area contributed by atoms with E-state index < -0.39 is 0 Å². The SMILES string of the molecule is CCC1CNC(C)(C2CC2)CN1c1ccc(Cl)cc1. The van der Waals surface area contributed by atoms with Gasteiger partial charge in [-0.25, -0.2) is 0 Å². The minimum absolute atomic E-state index is 0.283. The molecule has 2 aliphatic rings. The molecule has 0 spiro atoms. The van der Waals surface area contributed by atoms with Crippen molar-refractivity contribution in [3.05, 3.63) is 29.3 Å². The lowest BCUT2D eigenvalue weighted by molar-refractivity contribution is 0.252. The highest BCUT2D eigenvalue weighted by Gasteiger charge is 2.45. The summed E-state index contributed by atoms with van der Waals surface area (Å²) in [7, 11) is 0. The Hall–Kier alpha value is -0.730. The second-order valence-corrected chi connectivity index (χ2v) is 6.68. The first-order chi connectivity index (χ1) is 9.12. The van der Waals surface area contributed by atoms with Crippen LogP contribution in [0.25, 0.3) is 0 Å². The normalized spacial score (nSPS) is 31.5. The summed E-state index contributed by atoms with van der Waals surface area (Å²) < 4.78 is 0. The first-order valence-corrected chi connectivity index (χ1v) is 7.77. The van der Waals surface area contributed by atoms with Crippen LogP contribution in [0.3, 0.4) is 0 Å². The van der Waals surface area contributed by atoms with Crippen molar-refractivity contribution in [1.29, 1.82) is 0 Å². The Morgan fingerprint density at radius 1 is 1.32 bits per heavy atom. The van der Waals surface area contributed by atoms with E-state index in [2.05, 4.69) is 36.2 Å². The number of hydrogen-bond acceptors (Lipinski definition) is 2. The lowest BCUT2D eigenvalue weighted by atomic mass is 9.90. The third-order valence-electron chi connectivity index (χ3n) is 4.79. The molecule has 1 saturated carbocycles. The maximum absolute atomic E-state index is 6.01. The van der Waals surface area contributed by atoms with Crippen molar-refractivity contribution in [2.24, 2.45) is 5.92 Å². The number of rotatable bonds is 3. The van der Waals surface area contributed by atoms with Crippen LogP contribution in [0.2, 0.25) is 5.02 Å². The van der Waals surface area contributed by atoms with Crippen molar-refractivity contribution in [2.45, 2.75) is 44.7 Å². The number of anilines is 1. The summed E-state index contributed by atoms with van der Waals surface area (Å²) in [5.74, 6) is 0.861. The minimum Gasteiger partial charge on any atom is -0.365 e. The molecule has 3 rings (SSSR count). The van der Waals surface area contributed by atoms with Gasteiger partial charge in [0.1, 0.15) is 0 Å². The molecule has 1 heterocycles. The second kappa shape index (κ2) is 4.99. The highest BCUT2D eigenvalue weighted by molar-refractivity contribution is 6.30. The predicted octanol–water partition coefficient (Wildman–Crippen LogP) is 3.70. The quantitative estimate of drug-likeness (QED) is 0.907. The van der Waals surface area contributed by atoms with E-state index in [-0.39, 0.29) is 5.54 Å². The largest absolute Gasteiger partial charge is 0.365 e. The second-order valence-electron chi connectivity index (χ2n) is 6.24. The Balaban J connectivity index is 1.84. The molecule has 1 saturated heterocycles. The maximum atomic E-state index is 6.01. The van der Waals surface area contributed by atoms with Crippen LogP contribution < -0.4 is 10.2 Å². The molecule has 19 heavy (non-hydrogen) atoms. The van der Waals surface area contributed by atoms with Crippen LogP contribution >= 0.6 is 11.6 Å². The van der Waals surface area contributed by atoms with Crippen LogP contribution in [-0.2, 0) is 0 Å². The highest BCUT2D eigenvalue weighted by atomic mass is 35.5. The van der Waals surface area contributed by atoms with E-state index in [1.165, 1.54) is 24.9 Å². The van der Waals surface area contributed by atoms with Crippen molar-refractivity contribution >= 4 is 17.3 Å². The van der Waals surface area contributed by atoms with E-state index in [4.69, 9.17) is 11.6 Å². The summed E-state index contributed by atoms with van der Waals surface area (Å²) >= 11 is 6.01. The number of piperazine rings is 1. The van der Waals surface area contributed by atoms with Gasteiger partial charge in [0, 0.05) is 35.4 Å². The molecule has 1 aromatic carbocycles. The van der Waals surface area contributed by atoms with Crippen LogP contribution in [0.1, 0.15) is 33.1 Å². The number of nitrogens with zero attached hydrogens (tertiary/aromatic N) is 1. The Morgan fingerprint density at radius 2 is 2.00 bits per heavy atom. The Morgan fingerprint density at radius 3 is 2.58 bits per heavy atom. The van der Waals surface area contributed by atoms with Gasteiger partial charge in [-0.1, -0.05) is 18.5 Å². The summed E-state index contributed by atoms with van der Waals surface area (Å²) in [5, 5.41) is 4.62. The van der Waals surface area contributed by atoms with Gasteiger partial charge in [-0.2, -0.15) is 0 Å². The molecule has 2 atom stereocenters. The first-order valence-electron chi connectivity index (χ1n) is 7.39. The van der Waals surface area contributed by atoms with E-state index >= 15 is 0 Å². The van der Waals surface area contributed by atoms with Crippen LogP contribution in [0, 0.1) is 5.92 Å². The summed E-state index contributed by atoms with van der Waals surface area (Å²) in [4.78, 5) is 2.57. The molecule has 1 aliphatic carbocycles. The molecule has 0 aromatic heterocycles. The third kappa shape index (κ3) is 2.61. The lowest BCUT2D eigenvalue weighted by Crippen LogP contribution is -2.64. The van der Waals surface area contributed by atoms with Crippen LogP contribution in [0.4, 0.5) is 5.69 Å². The van der Waals surface area contributed by atoms with E-state index in [0.717, 1.165) is 24.0 Å². The average molecular weight is 279 g/mol. The van der Waals surface area contributed by atoms with E-state index in [1.54, 1.807) is 0 Å². The molecule has 3 heteroatoms. The zero-order valence-corrected chi connectivity index (χ0v) is 12.6. The van der Waals surface area contributed by atoms with Crippen molar-refractivity contribution in [3.8, 4) is 0 Å². The van der Waals surface area contributed by atoms with Crippen molar-refractivity contribution in [3.63, 3.8) is 0 Å². The van der Waals surface area contributed by atoms with Gasteiger partial charge in [0.2, 0.25) is 0 Å². The third-order valence-corrected chi connectivity index (χ3v) is 5.04. The van der Waals surface area contributed by atoms with Gasteiger partial charge in [-0.15, -0.1) is 0 Å². The zero-order valence-electron chi connectivity index (χ0n) is 11.8. The molecule has 2 fully saturated rings. The van der Waals surface area contributed by atoms with Gasteiger partial charge in [-0.05, 0) is 56.4 Å². The number of benzene rings is 1. The number of hydrogen-bond donors (Lipinski definition) is 1. The molecule has 2 unspecified atom stereocenters. The lowest BCUT2D eigenvalue weighted by Gasteiger charge is -2.47. The Bertz CT molecular complexity index is 441. The average Bonchev–Trinajstić information content (AvgIpc) is 3.24. The van der Waals surface area contributed by atoms with Gasteiger partial charge in [0.15, 0.2) is 0 Å². The van der Waals surface area contributed by atoms with Crippen LogP contribution in [0.15, 0.2) is 24.3 Å². The molecule has 104 valence electrons. The van der Waals surface area contributed by atoms with Gasteiger partial charge >= 0.3 is 0 Å². The van der Waals surface area contributed by atoms with Gasteiger partial charge in [-0.3, -0.25) is 0 Å². The topological polar surface area (TPSA) is 15.3 Å². The predicted molar refractivity (Wildman–Crippen MR) is 82.0 cm³/mol. The molecule has 1 aromatic rings. The molecule has 1 aliphatic heterocycles. The van der Waals surface area contributed by atoms with Gasteiger partial charge in [0.25, 0.3) is 0 Å². The summed E-state index contributed by atoms with van der Waals surface area (Å²) in [6.45, 7) is 6.86. The number of halogens is 1. The van der Waals surface area contributed by atoms with Crippen LogP contribution in [0.5, 0.6) is 0 Å². The molecule has 1 N–H and O–H groups in total. The molecular weight excluding hydrogens is 256 g/mol. The minimum atomic E-state index is 0.283. The zero-order chi connectivity index (χ0) is 13.5. The first kappa shape index (κ1) is 13.3. The van der Waals surface area contributed by atoms with Crippen molar-refractivity contribution in [1.82, 2.24) is 5.32 Å². The summed E-state index contributed by atoms with van der Waals surface area (Å²) in [5.41, 5.74) is 1.59. The molecular formula is C16H23ClN2. The molecule has 2 nitrogen and oxygen atoms in total. The van der Waals surface area contributed by atoms with E-state index in [9.17, 15) is 0 Å². The van der Waals surface area contributed by atoms with Crippen molar-refractivity contribution in [2.75, 3.05) is 18.0 Å². The summed E-state index contributed by atoms with van der Waals surface area (Å²) in [6, 6.07) is 8.90. The van der Waals surface area contributed by atoms with E-state index in [1.807, 2.05) is 12.1 Å². The summed E-state index contributed by atoms with van der Waals surface area (Å²) in [6.07, 6.45) is 3.94. The Kier molecular flexibility index (Phi) is 3.48. The van der Waals surface area contributed by atoms with Gasteiger partial charge in [0.05, 0.1) is 0 Å². The molecule has 0 amide bonds. The monoisotopic (exact) mass is 278 g/mol. The fourth-order valence-corrected chi connectivity index (χ4v) is 3.42. The number of nitrogens with one attached hydrogen (secondary N) is 1.